The molecule has 0 aromatic rings. The van der Waals surface area contributed by atoms with Crippen LogP contribution in [0.25, 0.3) is 0 Å². The fraction of sp³-hybridized carbons (Fsp3) is 0.852. The molecule has 2 aliphatic heterocycles. The van der Waals surface area contributed by atoms with Gasteiger partial charge in [-0.05, 0) is 78.3 Å². The number of allylic oxidation sites excluding steroid dienone is 4. The Balaban J connectivity index is 2.05. The van der Waals surface area contributed by atoms with Crippen LogP contribution in [0.5, 0.6) is 0 Å². The summed E-state index contributed by atoms with van der Waals surface area (Å²) in [5.74, 6) is 2.02. The molecular formula is C27H50N2P2. The highest BCUT2D eigenvalue weighted by Gasteiger charge is 2.50. The second-order valence-electron chi connectivity index (χ2n) is 13.3. The van der Waals surface area contributed by atoms with Crippen LogP contribution in [-0.4, -0.2) is 47.8 Å². The van der Waals surface area contributed by atoms with Crippen molar-refractivity contribution in [3.8, 4) is 0 Å². The van der Waals surface area contributed by atoms with E-state index in [0.29, 0.717) is 16.2 Å². The summed E-state index contributed by atoms with van der Waals surface area (Å²) in [6, 6.07) is 0. The Hall–Kier alpha value is 0.260. The maximum atomic E-state index is 3.70. The summed E-state index contributed by atoms with van der Waals surface area (Å²) in [4.78, 5) is 0. The minimum Gasteiger partial charge on any atom is -0.316 e. The Morgan fingerprint density at radius 3 is 1.71 bits per heavy atom. The van der Waals surface area contributed by atoms with E-state index in [1.165, 1.54) is 45.2 Å². The van der Waals surface area contributed by atoms with Gasteiger partial charge in [0.2, 0.25) is 0 Å². The lowest BCUT2D eigenvalue weighted by Crippen LogP contribution is -2.45. The summed E-state index contributed by atoms with van der Waals surface area (Å²) in [5.41, 5.74) is 3.51. The van der Waals surface area contributed by atoms with Crippen molar-refractivity contribution >= 4 is 17.2 Å². The summed E-state index contributed by atoms with van der Waals surface area (Å²) >= 11 is 0. The SMILES string of the molecule is CC(C)(C)C1=CC(CP(C(C)(C)C)C(C)(C)C)C(C(P)(C2CCNC2)C2CCNC2)=C1. The molecule has 2 heterocycles. The molecule has 2 nitrogen and oxygen atoms in total. The van der Waals surface area contributed by atoms with Crippen LogP contribution in [-0.2, 0) is 0 Å². The van der Waals surface area contributed by atoms with E-state index < -0.39 is 0 Å². The molecule has 0 amide bonds. The quantitative estimate of drug-likeness (QED) is 0.458. The zero-order chi connectivity index (χ0) is 23.2. The molecule has 31 heavy (non-hydrogen) atoms. The number of nitrogens with one attached hydrogen (secondary N) is 2. The van der Waals surface area contributed by atoms with Crippen LogP contribution in [0.3, 0.4) is 0 Å². The van der Waals surface area contributed by atoms with Gasteiger partial charge in [0, 0.05) is 11.1 Å². The van der Waals surface area contributed by atoms with Gasteiger partial charge < -0.3 is 10.6 Å². The molecule has 3 rings (SSSR count). The van der Waals surface area contributed by atoms with Crippen LogP contribution >= 0.6 is 17.2 Å². The predicted octanol–water partition coefficient (Wildman–Crippen LogP) is 6.43. The molecule has 0 spiro atoms. The van der Waals surface area contributed by atoms with Crippen LogP contribution in [0.1, 0.15) is 75.2 Å². The van der Waals surface area contributed by atoms with E-state index in [4.69, 9.17) is 0 Å². The van der Waals surface area contributed by atoms with Gasteiger partial charge in [-0.2, -0.15) is 0 Å². The maximum Gasteiger partial charge on any atom is 0.0147 e. The van der Waals surface area contributed by atoms with Gasteiger partial charge in [-0.3, -0.25) is 0 Å². The van der Waals surface area contributed by atoms with Crippen molar-refractivity contribution in [2.45, 2.75) is 90.6 Å². The van der Waals surface area contributed by atoms with Gasteiger partial charge >= 0.3 is 0 Å². The number of hydrogen-bond donors (Lipinski definition) is 2. The summed E-state index contributed by atoms with van der Waals surface area (Å²) in [6.45, 7) is 26.7. The first-order valence-corrected chi connectivity index (χ1v) is 14.7. The van der Waals surface area contributed by atoms with Gasteiger partial charge in [0.25, 0.3) is 0 Å². The fourth-order valence-corrected chi connectivity index (χ4v) is 11.0. The molecule has 4 atom stereocenters. The Labute approximate surface area is 197 Å². The van der Waals surface area contributed by atoms with Crippen molar-refractivity contribution in [1.82, 2.24) is 10.6 Å². The topological polar surface area (TPSA) is 24.1 Å². The fourth-order valence-electron chi connectivity index (χ4n) is 6.37. The molecular weight excluding hydrogens is 414 g/mol. The number of rotatable bonds is 5. The highest BCUT2D eigenvalue weighted by molar-refractivity contribution is 7.60. The van der Waals surface area contributed by atoms with Crippen molar-refractivity contribution in [3.05, 3.63) is 23.3 Å². The van der Waals surface area contributed by atoms with Gasteiger partial charge in [0.1, 0.15) is 0 Å². The molecule has 178 valence electrons. The first-order valence-electron chi connectivity index (χ1n) is 12.6. The van der Waals surface area contributed by atoms with Crippen LogP contribution in [0, 0.1) is 23.2 Å². The molecule has 2 saturated heterocycles. The first-order chi connectivity index (χ1) is 14.1. The van der Waals surface area contributed by atoms with Crippen molar-refractivity contribution in [3.63, 3.8) is 0 Å². The predicted molar refractivity (Wildman–Crippen MR) is 145 cm³/mol. The smallest absolute Gasteiger partial charge is 0.0147 e. The molecule has 0 aromatic carbocycles. The third kappa shape index (κ3) is 5.50. The van der Waals surface area contributed by atoms with Crippen LogP contribution in [0.4, 0.5) is 0 Å². The standard InChI is InChI=1S/C27H50N2P2/c1-24(2,3)22-14-19(18-31(25(4,5)6)26(7,8)9)23(15-22)27(30,20-10-12-28-16-20)21-11-13-29-17-21/h14-15,19-21,28-29H,10-13,16-18,30H2,1-9H3. The normalized spacial score (nSPS) is 30.0. The van der Waals surface area contributed by atoms with Gasteiger partial charge in [-0.25, -0.2) is 0 Å². The van der Waals surface area contributed by atoms with E-state index in [1.807, 2.05) is 0 Å². The molecule has 0 saturated carbocycles. The van der Waals surface area contributed by atoms with Crippen molar-refractivity contribution < 1.29 is 0 Å². The Morgan fingerprint density at radius 2 is 1.35 bits per heavy atom. The summed E-state index contributed by atoms with van der Waals surface area (Å²) in [6.07, 6.45) is 9.29. The van der Waals surface area contributed by atoms with E-state index in [0.717, 1.165) is 11.8 Å². The molecule has 3 aliphatic rings. The molecule has 2 fully saturated rings. The second kappa shape index (κ2) is 9.13. The molecule has 0 aromatic heterocycles. The minimum atomic E-state index is -0.133. The third-order valence-electron chi connectivity index (χ3n) is 7.93. The molecule has 4 unspecified atom stereocenters. The van der Waals surface area contributed by atoms with Crippen LogP contribution < -0.4 is 10.6 Å². The van der Waals surface area contributed by atoms with Crippen molar-refractivity contribution in [1.29, 1.82) is 0 Å². The summed E-state index contributed by atoms with van der Waals surface area (Å²) in [5, 5.41) is 8.33. The van der Waals surface area contributed by atoms with Gasteiger partial charge in [0.15, 0.2) is 0 Å². The Morgan fingerprint density at radius 1 is 0.871 bits per heavy atom. The average molecular weight is 465 g/mol. The average Bonchev–Trinajstić information content (AvgIpc) is 3.38. The van der Waals surface area contributed by atoms with E-state index in [-0.39, 0.29) is 18.5 Å². The highest BCUT2D eigenvalue weighted by Crippen LogP contribution is 2.63. The van der Waals surface area contributed by atoms with Gasteiger partial charge in [-0.1, -0.05) is 88.0 Å². The zero-order valence-corrected chi connectivity index (χ0v) is 23.9. The largest absolute Gasteiger partial charge is 0.316 e. The van der Waals surface area contributed by atoms with Crippen LogP contribution in [0.2, 0.25) is 0 Å². The van der Waals surface area contributed by atoms with Gasteiger partial charge in [0.05, 0.1) is 0 Å². The summed E-state index contributed by atoms with van der Waals surface area (Å²) < 4.78 is 0. The monoisotopic (exact) mass is 464 g/mol. The van der Waals surface area contributed by atoms with E-state index in [9.17, 15) is 0 Å². The van der Waals surface area contributed by atoms with E-state index >= 15 is 0 Å². The first kappa shape index (κ1) is 25.9. The Kier molecular flexibility index (Phi) is 7.62. The molecule has 4 heteroatoms. The maximum absolute atomic E-state index is 3.70. The molecule has 1 aliphatic carbocycles. The van der Waals surface area contributed by atoms with E-state index in [2.05, 4.69) is 94.3 Å². The van der Waals surface area contributed by atoms with Gasteiger partial charge in [-0.15, -0.1) is 9.24 Å². The van der Waals surface area contributed by atoms with Crippen molar-refractivity contribution in [2.75, 3.05) is 32.3 Å². The lowest BCUT2D eigenvalue weighted by molar-refractivity contribution is 0.324. The molecule has 0 bridgehead atoms. The van der Waals surface area contributed by atoms with Crippen LogP contribution in [0.15, 0.2) is 23.3 Å². The molecule has 2 N–H and O–H groups in total. The van der Waals surface area contributed by atoms with Crippen molar-refractivity contribution in [2.24, 2.45) is 23.2 Å². The second-order valence-corrected chi connectivity index (χ2v) is 18.2. The zero-order valence-electron chi connectivity index (χ0n) is 21.9. The number of hydrogen-bond acceptors (Lipinski definition) is 2. The highest BCUT2D eigenvalue weighted by atomic mass is 31.1. The minimum absolute atomic E-state index is 0.133. The lowest BCUT2D eigenvalue weighted by atomic mass is 9.71. The molecule has 0 radical (unpaired) electrons. The third-order valence-corrected chi connectivity index (χ3v) is 13.2. The van der Waals surface area contributed by atoms with E-state index in [1.54, 1.807) is 11.1 Å². The lowest BCUT2D eigenvalue weighted by Gasteiger charge is -2.47. The summed E-state index contributed by atoms with van der Waals surface area (Å²) in [7, 11) is 3.35. The Bertz CT molecular complexity index is 660.